The van der Waals surface area contributed by atoms with Crippen molar-refractivity contribution >= 4 is 28.3 Å². The molecule has 1 N–H and O–H groups in total. The summed E-state index contributed by atoms with van der Waals surface area (Å²) < 4.78 is 26.9. The highest BCUT2D eigenvalue weighted by Crippen LogP contribution is 2.28. The highest BCUT2D eigenvalue weighted by Gasteiger charge is 2.26. The number of nitrogens with zero attached hydrogens (tertiary/aromatic N) is 3. The number of rotatable bonds is 3. The van der Waals surface area contributed by atoms with Crippen LogP contribution >= 0.6 is 0 Å². The van der Waals surface area contributed by atoms with Crippen LogP contribution in [0.5, 0.6) is 0 Å². The molecule has 0 aliphatic carbocycles. The van der Waals surface area contributed by atoms with Crippen molar-refractivity contribution in [1.82, 2.24) is 9.97 Å². The van der Waals surface area contributed by atoms with Gasteiger partial charge < -0.3 is 10.2 Å². The van der Waals surface area contributed by atoms with Crippen molar-refractivity contribution in [2.24, 2.45) is 5.92 Å². The largest absolute Gasteiger partial charge is 0.356 e. The van der Waals surface area contributed by atoms with E-state index in [4.69, 9.17) is 0 Å². The highest BCUT2D eigenvalue weighted by atomic mass is 19.1. The minimum atomic E-state index is -0.371. The molecule has 1 aliphatic heterocycles. The maximum absolute atomic E-state index is 13.9. The third-order valence-electron chi connectivity index (χ3n) is 4.87. The van der Waals surface area contributed by atoms with Gasteiger partial charge in [0.15, 0.2) is 0 Å². The zero-order chi connectivity index (χ0) is 18.8. The Hall–Kier alpha value is -3.09. The Morgan fingerprint density at radius 1 is 1.04 bits per heavy atom. The fourth-order valence-corrected chi connectivity index (χ4v) is 3.42. The molecule has 7 heteroatoms. The molecule has 2 heterocycles. The van der Waals surface area contributed by atoms with Gasteiger partial charge in [-0.25, -0.2) is 18.7 Å². The van der Waals surface area contributed by atoms with Gasteiger partial charge in [-0.3, -0.25) is 4.79 Å². The first kappa shape index (κ1) is 17.3. The van der Waals surface area contributed by atoms with Crippen LogP contribution in [0.15, 0.2) is 48.8 Å². The standard InChI is InChI=1S/C20H18F2N4O/c21-14-4-6-15(7-5-14)25-20(27)13-8-10-26(11-9-13)19-16-2-1-3-17(22)18(16)23-12-24-19/h1-7,12-13H,8-11H2,(H,25,27). The molecule has 0 atom stereocenters. The van der Waals surface area contributed by atoms with Gasteiger partial charge >= 0.3 is 0 Å². The van der Waals surface area contributed by atoms with Crippen molar-refractivity contribution in [2.75, 3.05) is 23.3 Å². The number of anilines is 2. The third-order valence-corrected chi connectivity index (χ3v) is 4.87. The molecule has 1 fully saturated rings. The molecule has 0 unspecified atom stereocenters. The SMILES string of the molecule is O=C(Nc1ccc(F)cc1)C1CCN(c2ncnc3c(F)cccc23)CC1. The van der Waals surface area contributed by atoms with Crippen LogP contribution in [0.4, 0.5) is 20.3 Å². The van der Waals surface area contributed by atoms with Crippen LogP contribution in [0, 0.1) is 17.6 Å². The number of benzene rings is 2. The zero-order valence-electron chi connectivity index (χ0n) is 14.5. The van der Waals surface area contributed by atoms with E-state index >= 15 is 0 Å². The summed E-state index contributed by atoms with van der Waals surface area (Å²) >= 11 is 0. The molecule has 1 aliphatic rings. The lowest BCUT2D eigenvalue weighted by atomic mass is 9.95. The van der Waals surface area contributed by atoms with Gasteiger partial charge in [-0.05, 0) is 49.2 Å². The average Bonchev–Trinajstić information content (AvgIpc) is 2.70. The first-order chi connectivity index (χ1) is 13.1. The van der Waals surface area contributed by atoms with Gasteiger partial charge in [0.05, 0.1) is 0 Å². The Labute approximate surface area is 155 Å². The number of hydrogen-bond acceptors (Lipinski definition) is 4. The summed E-state index contributed by atoms with van der Waals surface area (Å²) in [5, 5.41) is 3.50. The molecule has 1 aromatic heterocycles. The Morgan fingerprint density at radius 3 is 2.52 bits per heavy atom. The molecular weight excluding hydrogens is 350 g/mol. The zero-order valence-corrected chi connectivity index (χ0v) is 14.5. The third kappa shape index (κ3) is 3.58. The molecule has 0 spiro atoms. The van der Waals surface area contributed by atoms with E-state index in [9.17, 15) is 13.6 Å². The minimum Gasteiger partial charge on any atom is -0.356 e. The van der Waals surface area contributed by atoms with Crippen molar-refractivity contribution in [2.45, 2.75) is 12.8 Å². The number of nitrogens with one attached hydrogen (secondary N) is 1. The van der Waals surface area contributed by atoms with Crippen LogP contribution in [-0.2, 0) is 4.79 Å². The summed E-state index contributed by atoms with van der Waals surface area (Å²) in [7, 11) is 0. The number of para-hydroxylation sites is 1. The Balaban J connectivity index is 1.44. The molecule has 138 valence electrons. The smallest absolute Gasteiger partial charge is 0.227 e. The number of piperidine rings is 1. The van der Waals surface area contributed by atoms with E-state index in [0.717, 1.165) is 0 Å². The number of halogens is 2. The Kier molecular flexibility index (Phi) is 4.66. The first-order valence-electron chi connectivity index (χ1n) is 8.82. The van der Waals surface area contributed by atoms with Crippen molar-refractivity contribution in [3.8, 4) is 0 Å². The fourth-order valence-electron chi connectivity index (χ4n) is 3.42. The molecule has 3 aromatic rings. The monoisotopic (exact) mass is 368 g/mol. The number of fused-ring (bicyclic) bond motifs is 1. The highest BCUT2D eigenvalue weighted by molar-refractivity contribution is 5.93. The van der Waals surface area contributed by atoms with Gasteiger partial charge in [0.25, 0.3) is 0 Å². The number of amides is 1. The molecule has 2 aromatic carbocycles. The maximum Gasteiger partial charge on any atom is 0.227 e. The Morgan fingerprint density at radius 2 is 1.78 bits per heavy atom. The van der Waals surface area contributed by atoms with E-state index < -0.39 is 0 Å². The van der Waals surface area contributed by atoms with Crippen molar-refractivity contribution in [3.63, 3.8) is 0 Å². The summed E-state index contributed by atoms with van der Waals surface area (Å²) in [4.78, 5) is 22.9. The molecule has 1 saturated heterocycles. The van der Waals surface area contributed by atoms with Gasteiger partial charge in [-0.15, -0.1) is 0 Å². The number of hydrogen-bond donors (Lipinski definition) is 1. The molecule has 0 saturated carbocycles. The van der Waals surface area contributed by atoms with Crippen LogP contribution < -0.4 is 10.2 Å². The number of carbonyl (C=O) groups is 1. The molecule has 0 bridgehead atoms. The lowest BCUT2D eigenvalue weighted by Gasteiger charge is -2.32. The van der Waals surface area contributed by atoms with Crippen LogP contribution in [0.2, 0.25) is 0 Å². The van der Waals surface area contributed by atoms with E-state index in [-0.39, 0.29) is 23.5 Å². The minimum absolute atomic E-state index is 0.0696. The second kappa shape index (κ2) is 7.26. The summed E-state index contributed by atoms with van der Waals surface area (Å²) in [5.41, 5.74) is 0.889. The lowest BCUT2D eigenvalue weighted by Crippen LogP contribution is -2.38. The average molecular weight is 368 g/mol. The summed E-state index contributed by atoms with van der Waals surface area (Å²) in [6.07, 6.45) is 2.69. The van der Waals surface area contributed by atoms with E-state index in [2.05, 4.69) is 20.2 Å². The van der Waals surface area contributed by atoms with Crippen molar-refractivity contribution in [3.05, 3.63) is 60.4 Å². The van der Waals surface area contributed by atoms with E-state index in [0.29, 0.717) is 48.3 Å². The molecule has 5 nitrogen and oxygen atoms in total. The molecule has 4 rings (SSSR count). The van der Waals surface area contributed by atoms with E-state index in [1.54, 1.807) is 24.3 Å². The lowest BCUT2D eigenvalue weighted by molar-refractivity contribution is -0.120. The van der Waals surface area contributed by atoms with Gasteiger partial charge in [0.2, 0.25) is 5.91 Å². The topological polar surface area (TPSA) is 58.1 Å². The van der Waals surface area contributed by atoms with Crippen molar-refractivity contribution in [1.29, 1.82) is 0 Å². The first-order valence-corrected chi connectivity index (χ1v) is 8.82. The van der Waals surface area contributed by atoms with E-state index in [1.165, 1.54) is 24.5 Å². The summed E-state index contributed by atoms with van der Waals surface area (Å²) in [6.45, 7) is 1.29. The van der Waals surface area contributed by atoms with Crippen LogP contribution in [0.25, 0.3) is 10.9 Å². The quantitative estimate of drug-likeness (QED) is 0.765. The predicted molar refractivity (Wildman–Crippen MR) is 99.5 cm³/mol. The number of aromatic nitrogens is 2. The van der Waals surface area contributed by atoms with E-state index in [1.807, 2.05) is 0 Å². The van der Waals surface area contributed by atoms with Crippen LogP contribution in [0.3, 0.4) is 0 Å². The second-order valence-corrected chi connectivity index (χ2v) is 6.59. The normalized spacial score (nSPS) is 15.1. The molecule has 1 amide bonds. The van der Waals surface area contributed by atoms with Gasteiger partial charge in [0, 0.05) is 30.1 Å². The van der Waals surface area contributed by atoms with Gasteiger partial charge in [0.1, 0.15) is 29.3 Å². The molecular formula is C20H18F2N4O. The molecule has 27 heavy (non-hydrogen) atoms. The Bertz CT molecular complexity index is 969. The number of carbonyl (C=O) groups excluding carboxylic acids is 1. The molecule has 0 radical (unpaired) electrons. The second-order valence-electron chi connectivity index (χ2n) is 6.59. The summed E-state index contributed by atoms with van der Waals surface area (Å²) in [5.74, 6) is -0.215. The van der Waals surface area contributed by atoms with Gasteiger partial charge in [-0.2, -0.15) is 0 Å². The predicted octanol–water partition coefficient (Wildman–Crippen LogP) is 3.76. The summed E-state index contributed by atoms with van der Waals surface area (Å²) in [6, 6.07) is 10.6. The van der Waals surface area contributed by atoms with Crippen molar-refractivity contribution < 1.29 is 13.6 Å². The van der Waals surface area contributed by atoms with Crippen LogP contribution in [0.1, 0.15) is 12.8 Å². The fraction of sp³-hybridized carbons (Fsp3) is 0.250. The van der Waals surface area contributed by atoms with Crippen LogP contribution in [-0.4, -0.2) is 29.0 Å². The maximum atomic E-state index is 13.9. The van der Waals surface area contributed by atoms with Gasteiger partial charge in [-0.1, -0.05) is 6.07 Å².